The molecule has 0 aromatic rings. The van der Waals surface area contributed by atoms with E-state index in [0.717, 1.165) is 19.6 Å². The molecule has 112 valence electrons. The molecule has 1 aliphatic rings. The van der Waals surface area contributed by atoms with Crippen LogP contribution in [0.4, 0.5) is 0 Å². The molecular weight excluding hydrogens is 238 g/mol. The lowest BCUT2D eigenvalue weighted by Gasteiger charge is -2.32. The van der Waals surface area contributed by atoms with E-state index < -0.39 is 0 Å². The van der Waals surface area contributed by atoms with Crippen molar-refractivity contribution >= 4 is 5.91 Å². The van der Waals surface area contributed by atoms with Crippen molar-refractivity contribution in [1.82, 2.24) is 10.2 Å². The molecule has 1 saturated carbocycles. The first-order chi connectivity index (χ1) is 9.04. The van der Waals surface area contributed by atoms with Crippen molar-refractivity contribution in [2.45, 2.75) is 65.0 Å². The van der Waals surface area contributed by atoms with E-state index in [1.54, 1.807) is 0 Å². The molecule has 1 amide bonds. The van der Waals surface area contributed by atoms with Crippen LogP contribution in [0.25, 0.3) is 0 Å². The van der Waals surface area contributed by atoms with Crippen LogP contribution in [0.5, 0.6) is 0 Å². The fraction of sp³-hybridized carbons (Fsp3) is 0.933. The van der Waals surface area contributed by atoms with Crippen LogP contribution >= 0.6 is 0 Å². The van der Waals surface area contributed by atoms with Gasteiger partial charge in [0.15, 0.2) is 0 Å². The van der Waals surface area contributed by atoms with Crippen LogP contribution in [0.15, 0.2) is 0 Å². The highest BCUT2D eigenvalue weighted by Gasteiger charge is 2.26. The van der Waals surface area contributed by atoms with Crippen molar-refractivity contribution in [2.75, 3.05) is 19.6 Å². The van der Waals surface area contributed by atoms with Gasteiger partial charge in [0, 0.05) is 12.6 Å². The SMILES string of the molecule is CCNC(CN(CCC(C)C)C1CCCC1)C(N)=O. The number of carbonyl (C=O) groups is 1. The summed E-state index contributed by atoms with van der Waals surface area (Å²) in [7, 11) is 0. The fourth-order valence-electron chi connectivity index (χ4n) is 2.85. The number of nitrogens with zero attached hydrogens (tertiary/aromatic N) is 1. The lowest BCUT2D eigenvalue weighted by atomic mass is 10.1. The molecule has 0 aliphatic heterocycles. The van der Waals surface area contributed by atoms with Gasteiger partial charge in [-0.05, 0) is 38.3 Å². The van der Waals surface area contributed by atoms with Gasteiger partial charge >= 0.3 is 0 Å². The van der Waals surface area contributed by atoms with Gasteiger partial charge in [0.05, 0.1) is 6.04 Å². The molecule has 0 aromatic heterocycles. The predicted octanol–water partition coefficient (Wildman–Crippen LogP) is 1.74. The monoisotopic (exact) mass is 269 g/mol. The Bertz CT molecular complexity index is 262. The summed E-state index contributed by atoms with van der Waals surface area (Å²) >= 11 is 0. The lowest BCUT2D eigenvalue weighted by Crippen LogP contribution is -2.51. The highest BCUT2D eigenvalue weighted by molar-refractivity contribution is 5.80. The molecule has 1 fully saturated rings. The molecular formula is C15H31N3O. The second-order valence-corrected chi connectivity index (χ2v) is 6.13. The van der Waals surface area contributed by atoms with Gasteiger partial charge in [-0.25, -0.2) is 0 Å². The number of rotatable bonds is 9. The number of primary amides is 1. The van der Waals surface area contributed by atoms with Gasteiger partial charge in [-0.1, -0.05) is 33.6 Å². The summed E-state index contributed by atoms with van der Waals surface area (Å²) in [6.07, 6.45) is 6.39. The van der Waals surface area contributed by atoms with Crippen LogP contribution in [0, 0.1) is 5.92 Å². The minimum Gasteiger partial charge on any atom is -0.368 e. The van der Waals surface area contributed by atoms with Crippen LogP contribution < -0.4 is 11.1 Å². The first-order valence-corrected chi connectivity index (χ1v) is 7.81. The minimum atomic E-state index is -0.227. The van der Waals surface area contributed by atoms with Crippen molar-refractivity contribution in [3.05, 3.63) is 0 Å². The minimum absolute atomic E-state index is 0.210. The highest BCUT2D eigenvalue weighted by atomic mass is 16.1. The largest absolute Gasteiger partial charge is 0.368 e. The van der Waals surface area contributed by atoms with Crippen LogP contribution in [-0.2, 0) is 4.79 Å². The molecule has 4 nitrogen and oxygen atoms in total. The maximum absolute atomic E-state index is 11.5. The summed E-state index contributed by atoms with van der Waals surface area (Å²) in [6.45, 7) is 9.16. The zero-order valence-corrected chi connectivity index (χ0v) is 12.8. The van der Waals surface area contributed by atoms with E-state index in [-0.39, 0.29) is 11.9 Å². The molecule has 19 heavy (non-hydrogen) atoms. The average molecular weight is 269 g/mol. The molecule has 0 aromatic carbocycles. The molecule has 1 unspecified atom stereocenters. The average Bonchev–Trinajstić information content (AvgIpc) is 2.86. The quantitative estimate of drug-likeness (QED) is 0.670. The number of hydrogen-bond acceptors (Lipinski definition) is 3. The normalized spacial score (nSPS) is 18.4. The molecule has 3 N–H and O–H groups in total. The van der Waals surface area contributed by atoms with Crippen molar-refractivity contribution < 1.29 is 4.79 Å². The number of carbonyl (C=O) groups excluding carboxylic acids is 1. The van der Waals surface area contributed by atoms with Crippen LogP contribution in [-0.4, -0.2) is 42.5 Å². The smallest absolute Gasteiger partial charge is 0.235 e. The number of hydrogen-bond donors (Lipinski definition) is 2. The Morgan fingerprint density at radius 1 is 1.37 bits per heavy atom. The molecule has 0 bridgehead atoms. The molecule has 0 saturated heterocycles. The Morgan fingerprint density at radius 2 is 2.00 bits per heavy atom. The van der Waals surface area contributed by atoms with Gasteiger partial charge in [-0.3, -0.25) is 9.69 Å². The van der Waals surface area contributed by atoms with Crippen molar-refractivity contribution in [3.8, 4) is 0 Å². The second-order valence-electron chi connectivity index (χ2n) is 6.13. The van der Waals surface area contributed by atoms with Gasteiger partial charge in [0.1, 0.15) is 0 Å². The number of nitrogens with two attached hydrogens (primary N) is 1. The summed E-state index contributed by atoms with van der Waals surface area (Å²) in [5.41, 5.74) is 5.50. The van der Waals surface area contributed by atoms with Crippen LogP contribution in [0.3, 0.4) is 0 Å². The van der Waals surface area contributed by atoms with Gasteiger partial charge in [0.25, 0.3) is 0 Å². The van der Waals surface area contributed by atoms with Gasteiger partial charge in [0.2, 0.25) is 5.91 Å². The molecule has 0 heterocycles. The first-order valence-electron chi connectivity index (χ1n) is 7.81. The van der Waals surface area contributed by atoms with Crippen molar-refractivity contribution in [1.29, 1.82) is 0 Å². The Balaban J connectivity index is 2.57. The second kappa shape index (κ2) is 8.54. The number of likely N-dealkylation sites (N-methyl/N-ethyl adjacent to an activating group) is 1. The Kier molecular flexibility index (Phi) is 7.39. The van der Waals surface area contributed by atoms with E-state index in [0.29, 0.717) is 12.0 Å². The summed E-state index contributed by atoms with van der Waals surface area (Å²) in [5, 5.41) is 3.21. The molecule has 0 spiro atoms. The number of amides is 1. The third kappa shape index (κ3) is 5.91. The van der Waals surface area contributed by atoms with Crippen LogP contribution in [0.2, 0.25) is 0 Å². The zero-order chi connectivity index (χ0) is 14.3. The van der Waals surface area contributed by atoms with Crippen molar-refractivity contribution in [3.63, 3.8) is 0 Å². The molecule has 0 radical (unpaired) electrons. The third-order valence-corrected chi connectivity index (χ3v) is 4.05. The summed E-state index contributed by atoms with van der Waals surface area (Å²) in [5.74, 6) is 0.476. The van der Waals surface area contributed by atoms with Crippen molar-refractivity contribution in [2.24, 2.45) is 11.7 Å². The molecule has 1 rings (SSSR count). The molecule has 1 aliphatic carbocycles. The Hall–Kier alpha value is -0.610. The zero-order valence-electron chi connectivity index (χ0n) is 12.8. The van der Waals surface area contributed by atoms with Gasteiger partial charge in [-0.2, -0.15) is 0 Å². The molecule has 4 heteroatoms. The highest BCUT2D eigenvalue weighted by Crippen LogP contribution is 2.24. The summed E-state index contributed by atoms with van der Waals surface area (Å²) < 4.78 is 0. The maximum atomic E-state index is 11.5. The number of nitrogens with one attached hydrogen (secondary N) is 1. The van der Waals surface area contributed by atoms with Gasteiger partial charge in [-0.15, -0.1) is 0 Å². The van der Waals surface area contributed by atoms with Crippen LogP contribution in [0.1, 0.15) is 52.9 Å². The Labute approximate surface area is 118 Å². The van der Waals surface area contributed by atoms with E-state index in [4.69, 9.17) is 5.73 Å². The first kappa shape index (κ1) is 16.4. The summed E-state index contributed by atoms with van der Waals surface area (Å²) in [4.78, 5) is 14.0. The van der Waals surface area contributed by atoms with E-state index in [1.807, 2.05) is 6.92 Å². The van der Waals surface area contributed by atoms with E-state index in [9.17, 15) is 4.79 Å². The maximum Gasteiger partial charge on any atom is 0.235 e. The van der Waals surface area contributed by atoms with E-state index in [2.05, 4.69) is 24.1 Å². The topological polar surface area (TPSA) is 58.4 Å². The molecule has 1 atom stereocenters. The Morgan fingerprint density at radius 3 is 2.47 bits per heavy atom. The fourth-order valence-corrected chi connectivity index (χ4v) is 2.85. The third-order valence-electron chi connectivity index (χ3n) is 4.05. The van der Waals surface area contributed by atoms with E-state index in [1.165, 1.54) is 32.1 Å². The van der Waals surface area contributed by atoms with E-state index >= 15 is 0 Å². The summed E-state index contributed by atoms with van der Waals surface area (Å²) in [6, 6.07) is 0.442. The standard InChI is InChI=1S/C15H31N3O/c1-4-17-14(15(16)19)11-18(10-9-12(2)3)13-7-5-6-8-13/h12-14,17H,4-11H2,1-3H3,(H2,16,19). The van der Waals surface area contributed by atoms with Gasteiger partial charge < -0.3 is 11.1 Å². The predicted molar refractivity (Wildman–Crippen MR) is 79.9 cm³/mol. The lowest BCUT2D eigenvalue weighted by molar-refractivity contribution is -0.120.